The fourth-order valence-electron chi connectivity index (χ4n) is 2.08. The second kappa shape index (κ2) is 6.27. The molecule has 0 aliphatic carbocycles. The van der Waals surface area contributed by atoms with E-state index in [1.807, 2.05) is 0 Å². The van der Waals surface area contributed by atoms with Gasteiger partial charge in [0.05, 0.1) is 0 Å². The molecule has 0 spiro atoms. The van der Waals surface area contributed by atoms with Crippen molar-refractivity contribution in [1.82, 2.24) is 5.32 Å². The normalized spacial score (nSPS) is 12.8. The van der Waals surface area contributed by atoms with Crippen molar-refractivity contribution in [2.24, 2.45) is 0 Å². The first-order valence-corrected chi connectivity index (χ1v) is 6.48. The summed E-state index contributed by atoms with van der Waals surface area (Å²) in [6, 6.07) is 4.76. The van der Waals surface area contributed by atoms with Crippen LogP contribution in [0.3, 0.4) is 0 Å². The molecule has 0 aliphatic heterocycles. The van der Waals surface area contributed by atoms with E-state index in [1.54, 1.807) is 0 Å². The molecular formula is C14H22ClN. The zero-order valence-electron chi connectivity index (χ0n) is 10.7. The summed E-state index contributed by atoms with van der Waals surface area (Å²) in [5.41, 5.74) is 3.85. The highest BCUT2D eigenvalue weighted by Crippen LogP contribution is 2.27. The zero-order chi connectivity index (χ0) is 12.1. The quantitative estimate of drug-likeness (QED) is 0.803. The molecule has 0 saturated heterocycles. The maximum absolute atomic E-state index is 6.12. The monoisotopic (exact) mass is 239 g/mol. The maximum Gasteiger partial charge on any atom is 0.0438 e. The van der Waals surface area contributed by atoms with Crippen LogP contribution < -0.4 is 5.32 Å². The summed E-state index contributed by atoms with van der Waals surface area (Å²) in [6.45, 7) is 9.59. The van der Waals surface area contributed by atoms with Crippen molar-refractivity contribution < 1.29 is 0 Å². The molecule has 0 radical (unpaired) electrons. The van der Waals surface area contributed by atoms with Crippen LogP contribution >= 0.6 is 11.6 Å². The Morgan fingerprint density at radius 1 is 1.19 bits per heavy atom. The molecular weight excluding hydrogens is 218 g/mol. The molecule has 90 valence electrons. The van der Waals surface area contributed by atoms with Crippen LogP contribution in [0.15, 0.2) is 12.1 Å². The Kier molecular flexibility index (Phi) is 5.30. The van der Waals surface area contributed by atoms with Crippen LogP contribution in [-0.2, 0) is 0 Å². The van der Waals surface area contributed by atoms with E-state index in [4.69, 9.17) is 11.6 Å². The summed E-state index contributed by atoms with van der Waals surface area (Å²) in [5.74, 6) is 0. The molecule has 1 aromatic carbocycles. The van der Waals surface area contributed by atoms with Gasteiger partial charge in [-0.05, 0) is 49.6 Å². The van der Waals surface area contributed by atoms with Crippen LogP contribution in [0.1, 0.15) is 49.4 Å². The van der Waals surface area contributed by atoms with Crippen molar-refractivity contribution in [1.29, 1.82) is 0 Å². The van der Waals surface area contributed by atoms with Gasteiger partial charge in [0.1, 0.15) is 0 Å². The zero-order valence-corrected chi connectivity index (χ0v) is 11.5. The van der Waals surface area contributed by atoms with Crippen LogP contribution in [0.25, 0.3) is 0 Å². The van der Waals surface area contributed by atoms with Gasteiger partial charge in [0.2, 0.25) is 0 Å². The van der Waals surface area contributed by atoms with Crippen LogP contribution in [0, 0.1) is 13.8 Å². The van der Waals surface area contributed by atoms with Crippen LogP contribution in [0.5, 0.6) is 0 Å². The highest BCUT2D eigenvalue weighted by atomic mass is 35.5. The molecule has 2 heteroatoms. The first-order valence-electron chi connectivity index (χ1n) is 6.10. The molecule has 1 rings (SSSR count). The lowest BCUT2D eigenvalue weighted by molar-refractivity contribution is 0.507. The predicted molar refractivity (Wildman–Crippen MR) is 72.3 cm³/mol. The minimum absolute atomic E-state index is 0.464. The minimum Gasteiger partial charge on any atom is -0.310 e. The SMILES string of the molecule is CCCC(NCC)c1cc(C)c(Cl)cc1C. The van der Waals surface area contributed by atoms with Crippen molar-refractivity contribution >= 4 is 11.6 Å². The fourth-order valence-corrected chi connectivity index (χ4v) is 2.30. The number of halogens is 1. The van der Waals surface area contributed by atoms with Gasteiger partial charge >= 0.3 is 0 Å². The van der Waals surface area contributed by atoms with Gasteiger partial charge in [0.15, 0.2) is 0 Å². The summed E-state index contributed by atoms with van der Waals surface area (Å²) < 4.78 is 0. The lowest BCUT2D eigenvalue weighted by atomic mass is 9.96. The third-order valence-corrected chi connectivity index (χ3v) is 3.36. The number of aryl methyl sites for hydroxylation is 2. The van der Waals surface area contributed by atoms with E-state index >= 15 is 0 Å². The van der Waals surface area contributed by atoms with Crippen molar-refractivity contribution in [3.05, 3.63) is 33.8 Å². The average Bonchev–Trinajstić information content (AvgIpc) is 2.23. The number of nitrogens with one attached hydrogen (secondary N) is 1. The molecule has 1 aromatic rings. The first kappa shape index (κ1) is 13.5. The number of hydrogen-bond acceptors (Lipinski definition) is 1. The molecule has 1 unspecified atom stereocenters. The summed E-state index contributed by atoms with van der Waals surface area (Å²) >= 11 is 6.12. The molecule has 1 atom stereocenters. The maximum atomic E-state index is 6.12. The van der Waals surface area contributed by atoms with Crippen molar-refractivity contribution in [2.45, 2.75) is 46.6 Å². The molecule has 0 saturated carbocycles. The Labute approximate surface area is 104 Å². The molecule has 0 amide bonds. The van der Waals surface area contributed by atoms with E-state index in [0.29, 0.717) is 6.04 Å². The van der Waals surface area contributed by atoms with E-state index in [-0.39, 0.29) is 0 Å². The average molecular weight is 240 g/mol. The standard InChI is InChI=1S/C14H22ClN/c1-5-7-14(16-6-2)12-8-11(4)13(15)9-10(12)3/h8-9,14,16H,5-7H2,1-4H3. The molecule has 0 aliphatic rings. The lowest BCUT2D eigenvalue weighted by Crippen LogP contribution is -2.21. The van der Waals surface area contributed by atoms with Crippen LogP contribution in [0.2, 0.25) is 5.02 Å². The van der Waals surface area contributed by atoms with E-state index in [2.05, 4.69) is 45.1 Å². The smallest absolute Gasteiger partial charge is 0.0438 e. The third-order valence-electron chi connectivity index (χ3n) is 2.95. The molecule has 0 aromatic heterocycles. The lowest BCUT2D eigenvalue weighted by Gasteiger charge is -2.20. The van der Waals surface area contributed by atoms with E-state index < -0.39 is 0 Å². The summed E-state index contributed by atoms with van der Waals surface area (Å²) in [7, 11) is 0. The number of hydrogen-bond donors (Lipinski definition) is 1. The molecule has 0 bridgehead atoms. The van der Waals surface area contributed by atoms with E-state index in [1.165, 1.54) is 29.5 Å². The van der Waals surface area contributed by atoms with Gasteiger partial charge in [-0.1, -0.05) is 37.9 Å². The van der Waals surface area contributed by atoms with Crippen LogP contribution in [-0.4, -0.2) is 6.54 Å². The Hall–Kier alpha value is -0.530. The summed E-state index contributed by atoms with van der Waals surface area (Å²) in [6.07, 6.45) is 2.37. The molecule has 1 N–H and O–H groups in total. The second-order valence-electron chi connectivity index (χ2n) is 4.36. The number of rotatable bonds is 5. The van der Waals surface area contributed by atoms with Crippen molar-refractivity contribution in [2.75, 3.05) is 6.54 Å². The molecule has 16 heavy (non-hydrogen) atoms. The fraction of sp³-hybridized carbons (Fsp3) is 0.571. The van der Waals surface area contributed by atoms with E-state index in [0.717, 1.165) is 11.6 Å². The van der Waals surface area contributed by atoms with Gasteiger partial charge in [-0.2, -0.15) is 0 Å². The van der Waals surface area contributed by atoms with Gasteiger partial charge < -0.3 is 5.32 Å². The minimum atomic E-state index is 0.464. The van der Waals surface area contributed by atoms with Crippen molar-refractivity contribution in [3.8, 4) is 0 Å². The van der Waals surface area contributed by atoms with Crippen LogP contribution in [0.4, 0.5) is 0 Å². The largest absolute Gasteiger partial charge is 0.310 e. The Morgan fingerprint density at radius 3 is 2.44 bits per heavy atom. The summed E-state index contributed by atoms with van der Waals surface area (Å²) in [5, 5.41) is 4.41. The van der Waals surface area contributed by atoms with Gasteiger partial charge in [-0.25, -0.2) is 0 Å². The third kappa shape index (κ3) is 3.23. The molecule has 0 fully saturated rings. The van der Waals surface area contributed by atoms with Gasteiger partial charge in [-0.3, -0.25) is 0 Å². The first-order chi connectivity index (χ1) is 7.60. The summed E-state index contributed by atoms with van der Waals surface area (Å²) in [4.78, 5) is 0. The Morgan fingerprint density at radius 2 is 1.88 bits per heavy atom. The van der Waals surface area contributed by atoms with Crippen molar-refractivity contribution in [3.63, 3.8) is 0 Å². The Bertz CT molecular complexity index is 341. The highest BCUT2D eigenvalue weighted by molar-refractivity contribution is 6.31. The second-order valence-corrected chi connectivity index (χ2v) is 4.76. The molecule has 1 nitrogen and oxygen atoms in total. The molecule has 0 heterocycles. The highest BCUT2D eigenvalue weighted by Gasteiger charge is 2.13. The number of benzene rings is 1. The topological polar surface area (TPSA) is 12.0 Å². The van der Waals surface area contributed by atoms with Gasteiger partial charge in [-0.15, -0.1) is 0 Å². The van der Waals surface area contributed by atoms with E-state index in [9.17, 15) is 0 Å². The van der Waals surface area contributed by atoms with Gasteiger partial charge in [0.25, 0.3) is 0 Å². The predicted octanol–water partition coefficient (Wildman–Crippen LogP) is 4.41. The van der Waals surface area contributed by atoms with Gasteiger partial charge in [0, 0.05) is 11.1 Å². The Balaban J connectivity index is 3.03.